The van der Waals surface area contributed by atoms with Crippen LogP contribution in [0.5, 0.6) is 0 Å². The maximum atomic E-state index is 13.3. The Labute approximate surface area is 188 Å². The van der Waals surface area contributed by atoms with Crippen LogP contribution in [0.1, 0.15) is 49.3 Å². The lowest BCUT2D eigenvalue weighted by molar-refractivity contribution is -0.140. The molecule has 1 saturated carbocycles. The van der Waals surface area contributed by atoms with E-state index in [9.17, 15) is 9.59 Å². The fourth-order valence-electron chi connectivity index (χ4n) is 3.88. The SMILES string of the molecule is Cc1ccccc1CN(C(=O)Cc1ccc(Cl)cc1Cl)[C@@H](C)C(=O)NC1CCCC1. The molecule has 2 aromatic rings. The van der Waals surface area contributed by atoms with Crippen molar-refractivity contribution in [1.82, 2.24) is 10.2 Å². The molecular weight excluding hydrogens is 419 g/mol. The number of hydrogen-bond donors (Lipinski definition) is 1. The lowest BCUT2D eigenvalue weighted by atomic mass is 10.1. The number of hydrogen-bond acceptors (Lipinski definition) is 2. The smallest absolute Gasteiger partial charge is 0.242 e. The van der Waals surface area contributed by atoms with Crippen molar-refractivity contribution in [1.29, 1.82) is 0 Å². The van der Waals surface area contributed by atoms with Gasteiger partial charge in [0.2, 0.25) is 11.8 Å². The predicted molar refractivity (Wildman–Crippen MR) is 122 cm³/mol. The summed E-state index contributed by atoms with van der Waals surface area (Å²) in [6, 6.07) is 12.7. The minimum atomic E-state index is -0.580. The van der Waals surface area contributed by atoms with Crippen LogP contribution in [0.15, 0.2) is 42.5 Å². The van der Waals surface area contributed by atoms with Gasteiger partial charge in [-0.25, -0.2) is 0 Å². The van der Waals surface area contributed by atoms with Crippen LogP contribution >= 0.6 is 23.2 Å². The highest BCUT2D eigenvalue weighted by Gasteiger charge is 2.29. The number of halogens is 2. The van der Waals surface area contributed by atoms with Gasteiger partial charge in [-0.05, 0) is 55.5 Å². The third-order valence-electron chi connectivity index (χ3n) is 5.83. The maximum absolute atomic E-state index is 13.3. The number of benzene rings is 2. The van der Waals surface area contributed by atoms with E-state index in [1.54, 1.807) is 30.0 Å². The summed E-state index contributed by atoms with van der Waals surface area (Å²) in [5, 5.41) is 4.10. The lowest BCUT2D eigenvalue weighted by Crippen LogP contribution is -2.50. The van der Waals surface area contributed by atoms with Gasteiger partial charge in [0.25, 0.3) is 0 Å². The molecule has 0 heterocycles. The van der Waals surface area contributed by atoms with Crippen molar-refractivity contribution in [3.05, 3.63) is 69.2 Å². The molecule has 2 aromatic carbocycles. The normalized spacial score (nSPS) is 15.1. The zero-order valence-electron chi connectivity index (χ0n) is 17.5. The van der Waals surface area contributed by atoms with Gasteiger partial charge < -0.3 is 10.2 Å². The van der Waals surface area contributed by atoms with Gasteiger partial charge in [-0.3, -0.25) is 9.59 Å². The molecule has 1 atom stereocenters. The van der Waals surface area contributed by atoms with E-state index in [1.807, 2.05) is 31.2 Å². The second kappa shape index (κ2) is 10.3. The van der Waals surface area contributed by atoms with Crippen LogP contribution in [0.3, 0.4) is 0 Å². The maximum Gasteiger partial charge on any atom is 0.242 e. The summed E-state index contributed by atoms with van der Waals surface area (Å²) in [6.07, 6.45) is 4.40. The zero-order chi connectivity index (χ0) is 21.7. The first-order chi connectivity index (χ1) is 14.3. The Balaban J connectivity index is 1.81. The molecule has 4 nitrogen and oxygen atoms in total. The van der Waals surface area contributed by atoms with Gasteiger partial charge in [-0.15, -0.1) is 0 Å². The van der Waals surface area contributed by atoms with Gasteiger partial charge in [0.1, 0.15) is 6.04 Å². The summed E-state index contributed by atoms with van der Waals surface area (Å²) >= 11 is 12.3. The van der Waals surface area contributed by atoms with Crippen LogP contribution in [-0.2, 0) is 22.6 Å². The molecule has 0 aliphatic heterocycles. The van der Waals surface area contributed by atoms with Gasteiger partial charge in [0.15, 0.2) is 0 Å². The van der Waals surface area contributed by atoms with E-state index in [1.165, 1.54) is 0 Å². The minimum Gasteiger partial charge on any atom is -0.352 e. The highest BCUT2D eigenvalue weighted by Crippen LogP contribution is 2.23. The molecule has 0 saturated heterocycles. The molecule has 0 aromatic heterocycles. The van der Waals surface area contributed by atoms with Crippen LogP contribution in [0.2, 0.25) is 10.0 Å². The van der Waals surface area contributed by atoms with Crippen LogP contribution < -0.4 is 5.32 Å². The summed E-state index contributed by atoms with van der Waals surface area (Å²) in [5.74, 6) is -0.248. The number of rotatable bonds is 7. The van der Waals surface area contributed by atoms with Crippen molar-refractivity contribution < 1.29 is 9.59 Å². The van der Waals surface area contributed by atoms with Crippen LogP contribution in [-0.4, -0.2) is 28.8 Å². The molecule has 0 radical (unpaired) electrons. The average Bonchev–Trinajstić information content (AvgIpc) is 3.22. The molecule has 1 aliphatic carbocycles. The van der Waals surface area contributed by atoms with E-state index < -0.39 is 6.04 Å². The van der Waals surface area contributed by atoms with Gasteiger partial charge in [-0.2, -0.15) is 0 Å². The van der Waals surface area contributed by atoms with Crippen molar-refractivity contribution in [2.75, 3.05) is 0 Å². The van der Waals surface area contributed by atoms with Crippen molar-refractivity contribution in [3.63, 3.8) is 0 Å². The number of nitrogens with one attached hydrogen (secondary N) is 1. The summed E-state index contributed by atoms with van der Waals surface area (Å²) in [4.78, 5) is 27.9. The molecule has 6 heteroatoms. The van der Waals surface area contributed by atoms with E-state index in [4.69, 9.17) is 23.2 Å². The third-order valence-corrected chi connectivity index (χ3v) is 6.41. The first-order valence-corrected chi connectivity index (χ1v) is 11.2. The van der Waals surface area contributed by atoms with Gasteiger partial charge in [0.05, 0.1) is 6.42 Å². The Morgan fingerprint density at radius 2 is 1.80 bits per heavy atom. The van der Waals surface area contributed by atoms with E-state index in [0.717, 1.165) is 36.8 Å². The monoisotopic (exact) mass is 446 g/mol. The van der Waals surface area contributed by atoms with Crippen LogP contribution in [0.4, 0.5) is 0 Å². The van der Waals surface area contributed by atoms with Gasteiger partial charge in [0, 0.05) is 22.6 Å². The Morgan fingerprint density at radius 1 is 1.10 bits per heavy atom. The van der Waals surface area contributed by atoms with Crippen LogP contribution in [0.25, 0.3) is 0 Å². The Hall–Kier alpha value is -2.04. The standard InChI is InChI=1S/C24H28Cl2N2O2/c1-16-7-3-4-8-19(16)15-28(17(2)24(30)27-21-9-5-6-10-21)23(29)13-18-11-12-20(25)14-22(18)26/h3-4,7-8,11-12,14,17,21H,5-6,9-10,13,15H2,1-2H3,(H,27,30)/t17-/m0/s1. The third kappa shape index (κ3) is 5.77. The molecular formula is C24H28Cl2N2O2. The first-order valence-electron chi connectivity index (χ1n) is 10.4. The average molecular weight is 447 g/mol. The number of amides is 2. The number of carbonyl (C=O) groups excluding carboxylic acids is 2. The molecule has 1 N–H and O–H groups in total. The topological polar surface area (TPSA) is 49.4 Å². The van der Waals surface area contributed by atoms with E-state index in [-0.39, 0.29) is 24.3 Å². The lowest BCUT2D eigenvalue weighted by Gasteiger charge is -2.30. The van der Waals surface area contributed by atoms with E-state index >= 15 is 0 Å². The highest BCUT2D eigenvalue weighted by atomic mass is 35.5. The summed E-state index contributed by atoms with van der Waals surface area (Å²) in [5.41, 5.74) is 2.81. The predicted octanol–water partition coefficient (Wildman–Crippen LogP) is 5.32. The molecule has 2 amide bonds. The number of aryl methyl sites for hydroxylation is 1. The Kier molecular flexibility index (Phi) is 7.79. The number of carbonyl (C=O) groups is 2. The molecule has 3 rings (SSSR count). The fourth-order valence-corrected chi connectivity index (χ4v) is 4.35. The number of nitrogens with zero attached hydrogens (tertiary/aromatic N) is 1. The largest absolute Gasteiger partial charge is 0.352 e. The second-order valence-electron chi connectivity index (χ2n) is 8.03. The van der Waals surface area contributed by atoms with Crippen molar-refractivity contribution in [2.24, 2.45) is 0 Å². The van der Waals surface area contributed by atoms with Crippen LogP contribution in [0, 0.1) is 6.92 Å². The van der Waals surface area contributed by atoms with E-state index in [0.29, 0.717) is 22.2 Å². The molecule has 30 heavy (non-hydrogen) atoms. The minimum absolute atomic E-state index is 0.106. The molecule has 160 valence electrons. The summed E-state index contributed by atoms with van der Waals surface area (Å²) in [7, 11) is 0. The van der Waals surface area contributed by atoms with Crippen molar-refractivity contribution in [2.45, 2.75) is 64.6 Å². The molecule has 0 unspecified atom stereocenters. The molecule has 1 aliphatic rings. The quantitative estimate of drug-likeness (QED) is 0.625. The van der Waals surface area contributed by atoms with Crippen molar-refractivity contribution in [3.8, 4) is 0 Å². The summed E-state index contributed by atoms with van der Waals surface area (Å²) in [6.45, 7) is 4.18. The van der Waals surface area contributed by atoms with Crippen molar-refractivity contribution >= 4 is 35.0 Å². The highest BCUT2D eigenvalue weighted by molar-refractivity contribution is 6.35. The zero-order valence-corrected chi connectivity index (χ0v) is 19.0. The van der Waals surface area contributed by atoms with Gasteiger partial charge in [-0.1, -0.05) is 66.4 Å². The molecule has 1 fully saturated rings. The molecule has 0 bridgehead atoms. The molecule has 0 spiro atoms. The first kappa shape index (κ1) is 22.6. The second-order valence-corrected chi connectivity index (χ2v) is 8.87. The van der Waals surface area contributed by atoms with Gasteiger partial charge >= 0.3 is 0 Å². The fraction of sp³-hybridized carbons (Fsp3) is 0.417. The summed E-state index contributed by atoms with van der Waals surface area (Å²) < 4.78 is 0. The van der Waals surface area contributed by atoms with E-state index in [2.05, 4.69) is 5.32 Å². The Morgan fingerprint density at radius 3 is 2.47 bits per heavy atom. The Bertz CT molecular complexity index is 910.